The summed E-state index contributed by atoms with van der Waals surface area (Å²) in [5, 5.41) is 12.7. The average Bonchev–Trinajstić information content (AvgIpc) is 2.68. The van der Waals surface area contributed by atoms with E-state index in [0.717, 1.165) is 11.1 Å². The van der Waals surface area contributed by atoms with Crippen LogP contribution in [0.25, 0.3) is 11.1 Å². The summed E-state index contributed by atoms with van der Waals surface area (Å²) in [7, 11) is -3.97. The second-order valence-electron chi connectivity index (χ2n) is 6.22. The van der Waals surface area contributed by atoms with E-state index in [0.29, 0.717) is 18.1 Å². The highest BCUT2D eigenvalue weighted by molar-refractivity contribution is 7.93. The number of hydrogen-bond acceptors (Lipinski definition) is 5. The Morgan fingerprint density at radius 1 is 1.00 bits per heavy atom. The molecule has 0 saturated carbocycles. The van der Waals surface area contributed by atoms with Gasteiger partial charge in [0.25, 0.3) is 5.91 Å². The van der Waals surface area contributed by atoms with Gasteiger partial charge in [-0.3, -0.25) is 10.0 Å². The first-order valence-corrected chi connectivity index (χ1v) is 10.0. The van der Waals surface area contributed by atoms with Crippen molar-refractivity contribution in [3.8, 4) is 11.1 Å². The quantitative estimate of drug-likeness (QED) is 0.546. The molecule has 6 nitrogen and oxygen atoms in total. The first-order chi connectivity index (χ1) is 12.4. The summed E-state index contributed by atoms with van der Waals surface area (Å²) in [6.07, 6.45) is 0.196. The van der Waals surface area contributed by atoms with Crippen molar-refractivity contribution in [2.24, 2.45) is 0 Å². The van der Waals surface area contributed by atoms with Gasteiger partial charge < -0.3 is 5.32 Å². The molecular weight excluding hydrogens is 376 g/mol. The number of amides is 1. The van der Waals surface area contributed by atoms with Crippen LogP contribution in [-0.2, 0) is 14.6 Å². The second kappa shape index (κ2) is 7.36. The molecule has 1 heterocycles. The fraction of sp³-hybridized carbons (Fsp3) is 0.278. The number of nitrogens with one attached hydrogen (secondary N) is 2. The largest absolute Gasteiger partial charge is 0.317 e. The van der Waals surface area contributed by atoms with Gasteiger partial charge in [0.1, 0.15) is 0 Å². The molecule has 1 aliphatic heterocycles. The first-order valence-electron chi connectivity index (χ1n) is 8.17. The second-order valence-corrected chi connectivity index (χ2v) is 8.92. The SMILES string of the molecule is O=C(NO)C1(S(=O)(=O)c2ccc(-c3ccc(Cl)cc3)cc2)CCNCC1. The lowest BCUT2D eigenvalue weighted by Gasteiger charge is -2.34. The maximum Gasteiger partial charge on any atom is 0.265 e. The molecule has 0 unspecified atom stereocenters. The Balaban J connectivity index is 1.98. The number of hydrogen-bond donors (Lipinski definition) is 3. The highest BCUT2D eigenvalue weighted by atomic mass is 35.5. The van der Waals surface area contributed by atoms with Crippen molar-refractivity contribution < 1.29 is 18.4 Å². The number of rotatable bonds is 4. The zero-order chi connectivity index (χ0) is 18.8. The molecule has 1 fully saturated rings. The topological polar surface area (TPSA) is 95.5 Å². The molecule has 0 radical (unpaired) electrons. The van der Waals surface area contributed by atoms with Gasteiger partial charge in [-0.15, -0.1) is 0 Å². The van der Waals surface area contributed by atoms with Gasteiger partial charge in [-0.2, -0.15) is 0 Å². The smallest absolute Gasteiger partial charge is 0.265 e. The number of hydroxylamine groups is 1. The molecule has 3 rings (SSSR count). The summed E-state index contributed by atoms with van der Waals surface area (Å²) in [5.41, 5.74) is 3.28. The van der Waals surface area contributed by atoms with Gasteiger partial charge in [-0.1, -0.05) is 35.9 Å². The van der Waals surface area contributed by atoms with E-state index in [4.69, 9.17) is 16.8 Å². The summed E-state index contributed by atoms with van der Waals surface area (Å²) < 4.78 is 24.7. The fourth-order valence-corrected chi connectivity index (χ4v) is 5.35. The van der Waals surface area contributed by atoms with Crippen molar-refractivity contribution in [3.05, 3.63) is 53.6 Å². The molecule has 1 aliphatic rings. The van der Waals surface area contributed by atoms with Gasteiger partial charge in [-0.05, 0) is 61.3 Å². The van der Waals surface area contributed by atoms with E-state index < -0.39 is 20.5 Å². The maximum absolute atomic E-state index is 13.2. The van der Waals surface area contributed by atoms with Crippen LogP contribution in [0.15, 0.2) is 53.4 Å². The van der Waals surface area contributed by atoms with Crippen molar-refractivity contribution >= 4 is 27.3 Å². The van der Waals surface area contributed by atoms with Gasteiger partial charge in [-0.25, -0.2) is 13.9 Å². The third kappa shape index (κ3) is 3.23. The summed E-state index contributed by atoms with van der Waals surface area (Å²) in [6.45, 7) is 0.769. The molecule has 0 spiro atoms. The highest BCUT2D eigenvalue weighted by Gasteiger charge is 2.51. The fourth-order valence-electron chi connectivity index (χ4n) is 3.24. The number of sulfone groups is 1. The minimum absolute atomic E-state index is 0.0562. The predicted molar refractivity (Wildman–Crippen MR) is 98.8 cm³/mol. The predicted octanol–water partition coefficient (Wildman–Crippen LogP) is 2.41. The van der Waals surface area contributed by atoms with E-state index in [-0.39, 0.29) is 17.7 Å². The van der Waals surface area contributed by atoms with E-state index in [2.05, 4.69) is 5.32 Å². The number of carbonyl (C=O) groups excluding carboxylic acids is 1. The summed E-state index contributed by atoms with van der Waals surface area (Å²) in [6, 6.07) is 13.6. The van der Waals surface area contributed by atoms with Crippen molar-refractivity contribution in [3.63, 3.8) is 0 Å². The zero-order valence-electron chi connectivity index (χ0n) is 13.9. The molecular formula is C18H19ClN2O4S. The van der Waals surface area contributed by atoms with Crippen LogP contribution in [0.5, 0.6) is 0 Å². The van der Waals surface area contributed by atoms with Crippen LogP contribution in [-0.4, -0.2) is 37.4 Å². The zero-order valence-corrected chi connectivity index (χ0v) is 15.5. The monoisotopic (exact) mass is 394 g/mol. The lowest BCUT2D eigenvalue weighted by Crippen LogP contribution is -2.57. The van der Waals surface area contributed by atoms with Crippen molar-refractivity contribution in [2.45, 2.75) is 22.5 Å². The molecule has 0 bridgehead atoms. The molecule has 26 heavy (non-hydrogen) atoms. The van der Waals surface area contributed by atoms with Crippen molar-refractivity contribution in [1.29, 1.82) is 0 Å². The third-order valence-electron chi connectivity index (χ3n) is 4.78. The molecule has 8 heteroatoms. The van der Waals surface area contributed by atoms with Crippen LogP contribution in [0.2, 0.25) is 5.02 Å². The summed E-state index contributed by atoms with van der Waals surface area (Å²) >= 11 is 5.89. The molecule has 2 aromatic carbocycles. The van der Waals surface area contributed by atoms with Gasteiger partial charge in [0, 0.05) is 5.02 Å². The Morgan fingerprint density at radius 2 is 1.50 bits per heavy atom. The highest BCUT2D eigenvalue weighted by Crippen LogP contribution is 2.35. The van der Waals surface area contributed by atoms with Crippen LogP contribution in [0.4, 0.5) is 0 Å². The Bertz CT molecular complexity index is 890. The molecule has 3 N–H and O–H groups in total. The molecule has 138 valence electrons. The molecule has 1 saturated heterocycles. The number of halogens is 1. The first kappa shape index (κ1) is 18.8. The minimum Gasteiger partial charge on any atom is -0.317 e. The van der Waals surface area contributed by atoms with E-state index in [1.54, 1.807) is 24.3 Å². The Kier molecular flexibility index (Phi) is 5.34. The standard InChI is InChI=1S/C18H19ClN2O4S/c19-15-5-1-13(2-6-15)14-3-7-16(8-4-14)26(24,25)18(17(22)21-23)9-11-20-12-10-18/h1-8,20,23H,9-12H2,(H,21,22). The molecule has 0 atom stereocenters. The van der Waals surface area contributed by atoms with Gasteiger partial charge in [0.2, 0.25) is 0 Å². The average molecular weight is 395 g/mol. The molecule has 2 aromatic rings. The van der Waals surface area contributed by atoms with Gasteiger partial charge in [0.15, 0.2) is 14.6 Å². The van der Waals surface area contributed by atoms with E-state index in [1.165, 1.54) is 17.6 Å². The van der Waals surface area contributed by atoms with E-state index in [1.807, 2.05) is 12.1 Å². The van der Waals surface area contributed by atoms with E-state index >= 15 is 0 Å². The van der Waals surface area contributed by atoms with Crippen LogP contribution < -0.4 is 10.8 Å². The Labute approximate surface area is 157 Å². The minimum atomic E-state index is -3.97. The van der Waals surface area contributed by atoms with Crippen LogP contribution in [0, 0.1) is 0 Å². The summed E-state index contributed by atoms with van der Waals surface area (Å²) in [5.74, 6) is -0.888. The van der Waals surface area contributed by atoms with Gasteiger partial charge >= 0.3 is 0 Å². The van der Waals surface area contributed by atoms with Crippen LogP contribution >= 0.6 is 11.6 Å². The van der Waals surface area contributed by atoms with E-state index in [9.17, 15) is 13.2 Å². The Morgan fingerprint density at radius 3 is 2.00 bits per heavy atom. The number of carbonyl (C=O) groups is 1. The normalized spacial score (nSPS) is 16.8. The molecule has 0 aliphatic carbocycles. The summed E-state index contributed by atoms with van der Waals surface area (Å²) in [4.78, 5) is 12.3. The lowest BCUT2D eigenvalue weighted by atomic mass is 9.96. The van der Waals surface area contributed by atoms with Crippen molar-refractivity contribution in [2.75, 3.05) is 13.1 Å². The maximum atomic E-state index is 13.2. The van der Waals surface area contributed by atoms with Crippen molar-refractivity contribution in [1.82, 2.24) is 10.8 Å². The van der Waals surface area contributed by atoms with Crippen LogP contribution in [0.1, 0.15) is 12.8 Å². The van der Waals surface area contributed by atoms with Crippen LogP contribution in [0.3, 0.4) is 0 Å². The lowest BCUT2D eigenvalue weighted by molar-refractivity contribution is -0.132. The number of piperidine rings is 1. The third-order valence-corrected chi connectivity index (χ3v) is 7.55. The molecule has 0 aromatic heterocycles. The molecule has 1 amide bonds. The number of benzene rings is 2. The Hall–Kier alpha value is -1.93. The van der Waals surface area contributed by atoms with Gasteiger partial charge in [0.05, 0.1) is 4.90 Å².